The van der Waals surface area contributed by atoms with Crippen LogP contribution in [0.15, 0.2) is 48.5 Å². The third-order valence-electron chi connectivity index (χ3n) is 5.47. The molecule has 0 fully saturated rings. The van der Waals surface area contributed by atoms with Crippen LogP contribution in [0.3, 0.4) is 0 Å². The third-order valence-corrected chi connectivity index (χ3v) is 5.47. The van der Waals surface area contributed by atoms with E-state index in [4.69, 9.17) is 18.9 Å². The summed E-state index contributed by atoms with van der Waals surface area (Å²) in [6, 6.07) is 12.8. The molecule has 4 rings (SSSR count). The highest BCUT2D eigenvalue weighted by Gasteiger charge is 2.27. The minimum atomic E-state index is -0.510. The van der Waals surface area contributed by atoms with Crippen molar-refractivity contribution in [2.75, 3.05) is 25.1 Å². The Labute approximate surface area is 214 Å². The summed E-state index contributed by atoms with van der Waals surface area (Å²) in [6.07, 6.45) is 6.46. The summed E-state index contributed by atoms with van der Waals surface area (Å²) >= 11 is 0. The number of hydrogen-bond acceptors (Lipinski definition) is 9. The SMILES string of the molecule is CC(=O)OCCCCCCOc1ccc(C=CC(=O)Nc2cccc3c2OC(c2nnn[nH]2)CO3)cc1. The van der Waals surface area contributed by atoms with Crippen molar-refractivity contribution in [3.63, 3.8) is 0 Å². The second kappa shape index (κ2) is 13.1. The highest BCUT2D eigenvalue weighted by molar-refractivity contribution is 6.03. The Morgan fingerprint density at radius 3 is 2.68 bits per heavy atom. The highest BCUT2D eigenvalue weighted by Crippen LogP contribution is 2.41. The van der Waals surface area contributed by atoms with Gasteiger partial charge in [0, 0.05) is 13.0 Å². The number of tetrazole rings is 1. The quantitative estimate of drug-likeness (QED) is 0.213. The Balaban J connectivity index is 1.22. The van der Waals surface area contributed by atoms with Crippen LogP contribution in [0.25, 0.3) is 6.08 Å². The fourth-order valence-electron chi connectivity index (χ4n) is 3.61. The number of fused-ring (bicyclic) bond motifs is 1. The van der Waals surface area contributed by atoms with E-state index < -0.39 is 6.10 Å². The molecule has 0 bridgehead atoms. The number of esters is 1. The molecule has 2 aromatic carbocycles. The van der Waals surface area contributed by atoms with Crippen LogP contribution in [0.2, 0.25) is 0 Å². The van der Waals surface area contributed by atoms with Crippen LogP contribution in [0.1, 0.15) is 50.1 Å². The maximum Gasteiger partial charge on any atom is 0.302 e. The Kier molecular flexibility index (Phi) is 9.06. The third kappa shape index (κ3) is 7.79. The van der Waals surface area contributed by atoms with E-state index in [2.05, 4.69) is 25.9 Å². The predicted octanol–water partition coefficient (Wildman–Crippen LogP) is 3.87. The first-order valence-electron chi connectivity index (χ1n) is 12.1. The summed E-state index contributed by atoms with van der Waals surface area (Å²) < 4.78 is 22.4. The Bertz CT molecular complexity index is 1200. The number of H-pyrrole nitrogens is 1. The smallest absolute Gasteiger partial charge is 0.302 e. The van der Waals surface area contributed by atoms with Gasteiger partial charge >= 0.3 is 5.97 Å². The fraction of sp³-hybridized carbons (Fsp3) is 0.346. The number of unbranched alkanes of at least 4 members (excludes halogenated alkanes) is 3. The molecule has 0 saturated carbocycles. The maximum absolute atomic E-state index is 12.6. The molecule has 2 N–H and O–H groups in total. The summed E-state index contributed by atoms with van der Waals surface area (Å²) in [5, 5.41) is 16.5. The Morgan fingerprint density at radius 1 is 1.11 bits per heavy atom. The van der Waals surface area contributed by atoms with Gasteiger partial charge in [0.1, 0.15) is 12.4 Å². The number of rotatable bonds is 12. The average molecular weight is 508 g/mol. The van der Waals surface area contributed by atoms with Crippen LogP contribution in [0.4, 0.5) is 5.69 Å². The number of benzene rings is 2. The molecule has 1 amide bonds. The lowest BCUT2D eigenvalue weighted by molar-refractivity contribution is -0.141. The van der Waals surface area contributed by atoms with Gasteiger partial charge in [0.15, 0.2) is 23.4 Å². The van der Waals surface area contributed by atoms with E-state index in [0.29, 0.717) is 36.2 Å². The molecular weight excluding hydrogens is 478 g/mol. The lowest BCUT2D eigenvalue weighted by Gasteiger charge is -2.26. The zero-order chi connectivity index (χ0) is 25.9. The zero-order valence-corrected chi connectivity index (χ0v) is 20.5. The molecule has 0 saturated heterocycles. The molecule has 1 aromatic heterocycles. The van der Waals surface area contributed by atoms with Gasteiger partial charge in [0.25, 0.3) is 0 Å². The van der Waals surface area contributed by atoms with E-state index in [1.807, 2.05) is 24.3 Å². The summed E-state index contributed by atoms with van der Waals surface area (Å²) in [7, 11) is 0. The first kappa shape index (κ1) is 25.7. The number of carbonyl (C=O) groups is 2. The maximum atomic E-state index is 12.6. The van der Waals surface area contributed by atoms with Crippen LogP contribution >= 0.6 is 0 Å². The van der Waals surface area contributed by atoms with Gasteiger partial charge in [-0.3, -0.25) is 9.59 Å². The number of aromatic amines is 1. The molecule has 0 spiro atoms. The standard InChI is InChI=1S/C26H29N5O6/c1-18(32)34-15-4-2-3-5-16-35-20-12-9-19(10-13-20)11-14-24(33)27-21-7-6-8-22-25(21)37-23(17-36-22)26-28-30-31-29-26/h6-14,23H,2-5,15-17H2,1H3,(H,27,33)(H,28,29,30,31). The predicted molar refractivity (Wildman–Crippen MR) is 134 cm³/mol. The number of amides is 1. The Hall–Kier alpha value is -4.41. The van der Waals surface area contributed by atoms with Gasteiger partial charge in [-0.1, -0.05) is 18.2 Å². The number of aromatic nitrogens is 4. The van der Waals surface area contributed by atoms with Crippen LogP contribution in [0.5, 0.6) is 17.2 Å². The van der Waals surface area contributed by atoms with Crippen LogP contribution in [-0.4, -0.2) is 52.3 Å². The molecule has 0 radical (unpaired) electrons. The molecule has 1 aliphatic rings. The lowest BCUT2D eigenvalue weighted by Crippen LogP contribution is -2.24. The number of anilines is 1. The number of hydrogen-bond donors (Lipinski definition) is 2. The first-order valence-corrected chi connectivity index (χ1v) is 12.1. The summed E-state index contributed by atoms with van der Waals surface area (Å²) in [5.41, 5.74) is 1.35. The minimum absolute atomic E-state index is 0.238. The molecule has 0 aliphatic carbocycles. The van der Waals surface area contributed by atoms with Gasteiger partial charge in [0.05, 0.1) is 18.9 Å². The highest BCUT2D eigenvalue weighted by atomic mass is 16.6. The van der Waals surface area contributed by atoms with E-state index >= 15 is 0 Å². The van der Waals surface area contributed by atoms with E-state index in [0.717, 1.165) is 37.0 Å². The van der Waals surface area contributed by atoms with E-state index in [9.17, 15) is 9.59 Å². The van der Waals surface area contributed by atoms with E-state index in [1.54, 1.807) is 24.3 Å². The van der Waals surface area contributed by atoms with Crippen molar-refractivity contribution < 1.29 is 28.5 Å². The lowest BCUT2D eigenvalue weighted by atomic mass is 10.2. The van der Waals surface area contributed by atoms with Gasteiger partial charge in [-0.05, 0) is 72.0 Å². The molecule has 11 heteroatoms. The number of nitrogens with zero attached hydrogens (tertiary/aromatic N) is 3. The summed E-state index contributed by atoms with van der Waals surface area (Å²) in [4.78, 5) is 23.3. The van der Waals surface area contributed by atoms with Crippen molar-refractivity contribution >= 4 is 23.6 Å². The normalized spacial score (nSPS) is 14.4. The van der Waals surface area contributed by atoms with Crippen LogP contribution in [0, 0.1) is 0 Å². The summed E-state index contributed by atoms with van der Waals surface area (Å²) in [6.45, 7) is 2.76. The molecule has 37 heavy (non-hydrogen) atoms. The number of ether oxygens (including phenoxy) is 4. The second-order valence-corrected chi connectivity index (χ2v) is 8.33. The minimum Gasteiger partial charge on any atom is -0.494 e. The molecule has 1 aliphatic heterocycles. The average Bonchev–Trinajstić information content (AvgIpc) is 3.45. The number of carbonyl (C=O) groups excluding carboxylic acids is 2. The topological polar surface area (TPSA) is 138 Å². The van der Waals surface area contributed by atoms with Gasteiger partial charge in [0.2, 0.25) is 5.91 Å². The van der Waals surface area contributed by atoms with Crippen LogP contribution in [-0.2, 0) is 14.3 Å². The molecule has 2 heterocycles. The second-order valence-electron chi connectivity index (χ2n) is 8.33. The van der Waals surface area contributed by atoms with E-state index in [-0.39, 0.29) is 18.5 Å². The number of nitrogens with one attached hydrogen (secondary N) is 2. The van der Waals surface area contributed by atoms with Crippen molar-refractivity contribution in [2.45, 2.75) is 38.7 Å². The van der Waals surface area contributed by atoms with E-state index in [1.165, 1.54) is 13.0 Å². The monoisotopic (exact) mass is 507 g/mol. The van der Waals surface area contributed by atoms with Crippen molar-refractivity contribution in [2.24, 2.45) is 0 Å². The van der Waals surface area contributed by atoms with Gasteiger partial charge < -0.3 is 24.3 Å². The Morgan fingerprint density at radius 2 is 1.92 bits per heavy atom. The van der Waals surface area contributed by atoms with Gasteiger partial charge in [-0.15, -0.1) is 5.10 Å². The molecule has 3 aromatic rings. The van der Waals surface area contributed by atoms with Crippen molar-refractivity contribution in [3.8, 4) is 17.2 Å². The fourth-order valence-corrected chi connectivity index (χ4v) is 3.61. The van der Waals surface area contributed by atoms with Gasteiger partial charge in [-0.25, -0.2) is 5.10 Å². The summed E-state index contributed by atoms with van der Waals surface area (Å²) in [5.74, 6) is 1.61. The molecular formula is C26H29N5O6. The number of para-hydroxylation sites is 1. The molecule has 1 atom stereocenters. The first-order chi connectivity index (χ1) is 18.1. The van der Waals surface area contributed by atoms with Crippen molar-refractivity contribution in [1.29, 1.82) is 0 Å². The zero-order valence-electron chi connectivity index (χ0n) is 20.5. The largest absolute Gasteiger partial charge is 0.494 e. The molecule has 1 unspecified atom stereocenters. The van der Waals surface area contributed by atoms with Crippen molar-refractivity contribution in [1.82, 2.24) is 20.6 Å². The van der Waals surface area contributed by atoms with Gasteiger partial charge in [-0.2, -0.15) is 0 Å². The molecule has 11 nitrogen and oxygen atoms in total. The van der Waals surface area contributed by atoms with Crippen molar-refractivity contribution in [3.05, 3.63) is 59.9 Å². The molecule has 194 valence electrons. The van der Waals surface area contributed by atoms with Crippen LogP contribution < -0.4 is 19.5 Å².